The number of nitrogens with zero attached hydrogens (tertiary/aromatic N) is 3. The molecule has 1 aliphatic carbocycles. The normalized spacial score (nSPS) is 17.6. The average molecular weight is 476 g/mol. The van der Waals surface area contributed by atoms with Crippen molar-refractivity contribution in [2.45, 2.75) is 58.1 Å². The summed E-state index contributed by atoms with van der Waals surface area (Å²) in [5.41, 5.74) is 10.8. The van der Waals surface area contributed by atoms with Gasteiger partial charge in [-0.05, 0) is 75.3 Å². The number of aromatic nitrogens is 2. The third-order valence-electron chi connectivity index (χ3n) is 6.77. The van der Waals surface area contributed by atoms with Crippen LogP contribution in [-0.4, -0.2) is 46.7 Å². The molecule has 0 radical (unpaired) electrons. The minimum atomic E-state index is 0.0412. The second-order valence-corrected chi connectivity index (χ2v) is 9.63. The van der Waals surface area contributed by atoms with Gasteiger partial charge in [-0.1, -0.05) is 23.4 Å². The minimum Gasteiger partial charge on any atom is -0.489 e. The number of piperidine rings is 1. The van der Waals surface area contributed by atoms with Crippen LogP contribution in [0.5, 0.6) is 5.75 Å². The Hall–Kier alpha value is -3.39. The second-order valence-electron chi connectivity index (χ2n) is 9.63. The lowest BCUT2D eigenvalue weighted by atomic mass is 10.0. The van der Waals surface area contributed by atoms with Gasteiger partial charge in [0.25, 0.3) is 5.89 Å². The standard InChI is InChI=1S/C27H33N5O3/c1-17(2)34-24-12-9-18(15-22(24)28)27-30-26(31-35-27)21-8-6-7-20-19(21)10-11-23(20)29-16-25(33)32-13-4-3-5-14-32/h6-9,12,15,17,23,29H,3-5,10-11,13-14,16,28H2,1-2H3/t23-/m0/s1. The first kappa shape index (κ1) is 23.4. The Balaban J connectivity index is 1.31. The van der Waals surface area contributed by atoms with E-state index in [1.54, 1.807) is 6.07 Å². The van der Waals surface area contributed by atoms with Crippen LogP contribution in [0.3, 0.4) is 0 Å². The maximum Gasteiger partial charge on any atom is 0.258 e. The van der Waals surface area contributed by atoms with Gasteiger partial charge >= 0.3 is 0 Å². The SMILES string of the molecule is CC(C)Oc1ccc(-c2nc(-c3cccc4c3CC[C@@H]4NCC(=O)N3CCCCC3)no2)cc1N. The molecule has 35 heavy (non-hydrogen) atoms. The number of carbonyl (C=O) groups is 1. The van der Waals surface area contributed by atoms with E-state index in [1.807, 2.05) is 43.0 Å². The van der Waals surface area contributed by atoms with E-state index in [9.17, 15) is 4.79 Å². The number of amides is 1. The molecular weight excluding hydrogens is 442 g/mol. The zero-order valence-corrected chi connectivity index (χ0v) is 20.4. The number of rotatable bonds is 7. The summed E-state index contributed by atoms with van der Waals surface area (Å²) in [6, 6.07) is 11.8. The van der Waals surface area contributed by atoms with Gasteiger partial charge in [0.2, 0.25) is 11.7 Å². The highest BCUT2D eigenvalue weighted by atomic mass is 16.5. The van der Waals surface area contributed by atoms with Gasteiger partial charge in [-0.15, -0.1) is 0 Å². The molecule has 0 unspecified atom stereocenters. The summed E-state index contributed by atoms with van der Waals surface area (Å²) in [5.74, 6) is 1.81. The zero-order valence-electron chi connectivity index (χ0n) is 20.4. The van der Waals surface area contributed by atoms with Crippen molar-refractivity contribution in [2.75, 3.05) is 25.4 Å². The molecule has 184 valence electrons. The number of anilines is 1. The fourth-order valence-electron chi connectivity index (χ4n) is 5.03. The maximum absolute atomic E-state index is 12.6. The lowest BCUT2D eigenvalue weighted by Gasteiger charge is -2.27. The van der Waals surface area contributed by atoms with E-state index in [1.165, 1.54) is 17.5 Å². The van der Waals surface area contributed by atoms with Crippen molar-refractivity contribution in [1.29, 1.82) is 0 Å². The number of nitrogens with two attached hydrogens (primary N) is 1. The van der Waals surface area contributed by atoms with Gasteiger partial charge in [0, 0.05) is 30.3 Å². The van der Waals surface area contributed by atoms with Gasteiger partial charge in [0.1, 0.15) is 5.75 Å². The van der Waals surface area contributed by atoms with Crippen LogP contribution in [0.1, 0.15) is 56.7 Å². The molecule has 1 amide bonds. The van der Waals surface area contributed by atoms with Crippen LogP contribution in [0.25, 0.3) is 22.8 Å². The largest absolute Gasteiger partial charge is 0.489 e. The molecule has 0 bridgehead atoms. The highest BCUT2D eigenvalue weighted by Gasteiger charge is 2.27. The molecule has 3 N–H and O–H groups in total. The Bertz CT molecular complexity index is 1200. The number of fused-ring (bicyclic) bond motifs is 1. The zero-order chi connectivity index (χ0) is 24.4. The van der Waals surface area contributed by atoms with Crippen LogP contribution in [0.4, 0.5) is 5.69 Å². The van der Waals surface area contributed by atoms with E-state index in [0.717, 1.165) is 49.9 Å². The number of ether oxygens (including phenoxy) is 1. The number of likely N-dealkylation sites (tertiary alicyclic amines) is 1. The topological polar surface area (TPSA) is 107 Å². The van der Waals surface area contributed by atoms with E-state index < -0.39 is 0 Å². The van der Waals surface area contributed by atoms with E-state index in [4.69, 9.17) is 15.0 Å². The summed E-state index contributed by atoms with van der Waals surface area (Å²) in [7, 11) is 0. The Morgan fingerprint density at radius 1 is 1.23 bits per heavy atom. The lowest BCUT2D eigenvalue weighted by molar-refractivity contribution is -0.131. The maximum atomic E-state index is 12.6. The molecule has 8 nitrogen and oxygen atoms in total. The third-order valence-corrected chi connectivity index (χ3v) is 6.77. The first-order chi connectivity index (χ1) is 17.0. The molecular formula is C27H33N5O3. The van der Waals surface area contributed by atoms with Crippen LogP contribution in [-0.2, 0) is 11.2 Å². The Morgan fingerprint density at radius 2 is 2.06 bits per heavy atom. The quantitative estimate of drug-likeness (QED) is 0.489. The molecule has 2 aliphatic rings. The van der Waals surface area contributed by atoms with Crippen molar-refractivity contribution < 1.29 is 14.1 Å². The number of nitrogen functional groups attached to an aromatic ring is 1. The van der Waals surface area contributed by atoms with Gasteiger partial charge in [-0.3, -0.25) is 4.79 Å². The highest BCUT2D eigenvalue weighted by Crippen LogP contribution is 2.37. The van der Waals surface area contributed by atoms with Crippen molar-refractivity contribution >= 4 is 11.6 Å². The van der Waals surface area contributed by atoms with Crippen LogP contribution in [0.15, 0.2) is 40.9 Å². The molecule has 1 atom stereocenters. The number of carbonyl (C=O) groups excluding carboxylic acids is 1. The average Bonchev–Trinajstić information content (AvgIpc) is 3.52. The number of benzene rings is 2. The lowest BCUT2D eigenvalue weighted by Crippen LogP contribution is -2.41. The molecule has 1 fully saturated rings. The molecule has 1 saturated heterocycles. The van der Waals surface area contributed by atoms with Gasteiger partial charge in [-0.25, -0.2) is 0 Å². The van der Waals surface area contributed by atoms with Crippen molar-refractivity contribution in [3.05, 3.63) is 47.5 Å². The predicted octanol–water partition coefficient (Wildman–Crippen LogP) is 4.36. The second kappa shape index (κ2) is 10.1. The number of nitrogens with one attached hydrogen (secondary N) is 1. The summed E-state index contributed by atoms with van der Waals surface area (Å²) in [6.07, 6.45) is 5.32. The first-order valence-electron chi connectivity index (χ1n) is 12.5. The summed E-state index contributed by atoms with van der Waals surface area (Å²) < 4.78 is 11.3. The first-order valence-corrected chi connectivity index (χ1v) is 12.5. The predicted molar refractivity (Wildman–Crippen MR) is 135 cm³/mol. The Labute approximate surface area is 205 Å². The van der Waals surface area contributed by atoms with Gasteiger partial charge in [0.15, 0.2) is 0 Å². The van der Waals surface area contributed by atoms with E-state index in [-0.39, 0.29) is 18.1 Å². The molecule has 5 rings (SSSR count). The summed E-state index contributed by atoms with van der Waals surface area (Å²) in [5, 5.41) is 7.75. The fraction of sp³-hybridized carbons (Fsp3) is 0.444. The van der Waals surface area contributed by atoms with Gasteiger partial charge in [0.05, 0.1) is 18.3 Å². The Morgan fingerprint density at radius 3 is 2.83 bits per heavy atom. The van der Waals surface area contributed by atoms with Gasteiger partial charge in [-0.2, -0.15) is 4.98 Å². The third kappa shape index (κ3) is 5.03. The smallest absolute Gasteiger partial charge is 0.258 e. The molecule has 3 aromatic rings. The Kier molecular flexibility index (Phi) is 6.72. The van der Waals surface area contributed by atoms with Crippen LogP contribution in [0, 0.1) is 0 Å². The van der Waals surface area contributed by atoms with Crippen molar-refractivity contribution in [3.8, 4) is 28.6 Å². The van der Waals surface area contributed by atoms with Gasteiger partial charge < -0.3 is 25.2 Å². The van der Waals surface area contributed by atoms with Crippen LogP contribution in [0.2, 0.25) is 0 Å². The van der Waals surface area contributed by atoms with Crippen LogP contribution < -0.4 is 15.8 Å². The molecule has 0 saturated carbocycles. The minimum absolute atomic E-state index is 0.0412. The number of hydrogen-bond donors (Lipinski definition) is 2. The molecule has 0 spiro atoms. The van der Waals surface area contributed by atoms with Crippen molar-refractivity contribution in [3.63, 3.8) is 0 Å². The molecule has 1 aromatic heterocycles. The van der Waals surface area contributed by atoms with E-state index >= 15 is 0 Å². The molecule has 2 heterocycles. The van der Waals surface area contributed by atoms with E-state index in [2.05, 4.69) is 21.5 Å². The monoisotopic (exact) mass is 475 g/mol. The molecule has 1 aliphatic heterocycles. The summed E-state index contributed by atoms with van der Waals surface area (Å²) in [4.78, 5) is 19.3. The fourth-order valence-corrected chi connectivity index (χ4v) is 5.03. The summed E-state index contributed by atoms with van der Waals surface area (Å²) >= 11 is 0. The number of hydrogen-bond acceptors (Lipinski definition) is 7. The van der Waals surface area contributed by atoms with Crippen molar-refractivity contribution in [2.24, 2.45) is 0 Å². The highest BCUT2D eigenvalue weighted by molar-refractivity contribution is 5.78. The molecule has 2 aromatic carbocycles. The van der Waals surface area contributed by atoms with E-state index in [0.29, 0.717) is 29.7 Å². The van der Waals surface area contributed by atoms with Crippen LogP contribution >= 0.6 is 0 Å². The summed E-state index contributed by atoms with van der Waals surface area (Å²) in [6.45, 7) is 6.06. The van der Waals surface area contributed by atoms with Crippen molar-refractivity contribution in [1.82, 2.24) is 20.4 Å². The molecule has 8 heteroatoms.